The van der Waals surface area contributed by atoms with E-state index in [1.54, 1.807) is 0 Å². The molecule has 0 N–H and O–H groups in total. The number of morpholine rings is 1. The molecular formula is C19H25N3O. The lowest BCUT2D eigenvalue weighted by Crippen LogP contribution is -2.46. The minimum atomic E-state index is 0.666. The molecule has 4 nitrogen and oxygen atoms in total. The van der Waals surface area contributed by atoms with Crippen molar-refractivity contribution in [2.45, 2.75) is 19.5 Å². The van der Waals surface area contributed by atoms with Crippen LogP contribution in [-0.2, 0) is 11.3 Å². The monoisotopic (exact) mass is 311 g/mol. The molecule has 0 unspecified atom stereocenters. The highest BCUT2D eigenvalue weighted by Gasteiger charge is 2.34. The van der Waals surface area contributed by atoms with Crippen LogP contribution in [0.2, 0.25) is 0 Å². The number of hydrogen-bond donors (Lipinski definition) is 0. The normalized spacial score (nSPS) is 26.8. The molecule has 2 aromatic rings. The van der Waals surface area contributed by atoms with E-state index < -0.39 is 0 Å². The summed E-state index contributed by atoms with van der Waals surface area (Å²) in [5.41, 5.74) is 2.28. The quantitative estimate of drug-likeness (QED) is 0.870. The smallest absolute Gasteiger partial charge is 0.0705 e. The van der Waals surface area contributed by atoms with Gasteiger partial charge in [0.05, 0.1) is 24.4 Å². The molecule has 2 fully saturated rings. The van der Waals surface area contributed by atoms with Crippen LogP contribution in [0.15, 0.2) is 36.4 Å². The maximum absolute atomic E-state index is 5.49. The van der Waals surface area contributed by atoms with Crippen LogP contribution in [0.1, 0.15) is 12.6 Å². The number of fused-ring (bicyclic) bond motifs is 1. The van der Waals surface area contributed by atoms with E-state index in [-0.39, 0.29) is 0 Å². The van der Waals surface area contributed by atoms with Gasteiger partial charge in [0.15, 0.2) is 0 Å². The van der Waals surface area contributed by atoms with Crippen molar-refractivity contribution >= 4 is 10.9 Å². The Balaban J connectivity index is 1.44. The molecule has 2 atom stereocenters. The van der Waals surface area contributed by atoms with Crippen LogP contribution in [0.5, 0.6) is 0 Å². The molecule has 4 heteroatoms. The van der Waals surface area contributed by atoms with Crippen molar-refractivity contribution in [3.05, 3.63) is 42.1 Å². The van der Waals surface area contributed by atoms with E-state index in [1.807, 2.05) is 0 Å². The summed E-state index contributed by atoms with van der Waals surface area (Å²) >= 11 is 0. The number of nitrogens with zero attached hydrogens (tertiary/aromatic N) is 3. The highest BCUT2D eigenvalue weighted by Crippen LogP contribution is 2.24. The Morgan fingerprint density at radius 1 is 1.09 bits per heavy atom. The van der Waals surface area contributed by atoms with Crippen LogP contribution in [0, 0.1) is 5.92 Å². The highest BCUT2D eigenvalue weighted by molar-refractivity contribution is 5.78. The molecular weight excluding hydrogens is 286 g/mol. The number of rotatable bonds is 3. The zero-order chi connectivity index (χ0) is 15.6. The Hall–Kier alpha value is -1.49. The first kappa shape index (κ1) is 15.1. The SMILES string of the molecule is C[C@@H]1CN(Cc2ccc3ccccc3n2)C[C@H]1N1CCOCC1. The van der Waals surface area contributed by atoms with Crippen molar-refractivity contribution in [1.29, 1.82) is 0 Å². The first-order valence-electron chi connectivity index (χ1n) is 8.68. The standard InChI is InChI=1S/C19H25N3O/c1-15-12-21(14-19(15)22-8-10-23-11-9-22)13-17-7-6-16-4-2-3-5-18(16)20-17/h2-7,15,19H,8-14H2,1H3/t15-,19-/m1/s1. The van der Waals surface area contributed by atoms with Gasteiger partial charge in [0.25, 0.3) is 0 Å². The van der Waals surface area contributed by atoms with Gasteiger partial charge in [0.2, 0.25) is 0 Å². The summed E-state index contributed by atoms with van der Waals surface area (Å²) in [6, 6.07) is 13.4. The Morgan fingerprint density at radius 3 is 2.78 bits per heavy atom. The van der Waals surface area contributed by atoms with Gasteiger partial charge in [-0.1, -0.05) is 31.2 Å². The van der Waals surface area contributed by atoms with Gasteiger partial charge < -0.3 is 4.74 Å². The topological polar surface area (TPSA) is 28.6 Å². The lowest BCUT2D eigenvalue weighted by Gasteiger charge is -2.34. The lowest BCUT2D eigenvalue weighted by molar-refractivity contribution is 0.0117. The number of hydrogen-bond acceptors (Lipinski definition) is 4. The van der Waals surface area contributed by atoms with Crippen molar-refractivity contribution in [1.82, 2.24) is 14.8 Å². The second-order valence-corrected chi connectivity index (χ2v) is 6.88. The summed E-state index contributed by atoms with van der Waals surface area (Å²) in [4.78, 5) is 10.00. The molecule has 1 aromatic carbocycles. The maximum atomic E-state index is 5.49. The highest BCUT2D eigenvalue weighted by atomic mass is 16.5. The van der Waals surface area contributed by atoms with Gasteiger partial charge in [-0.15, -0.1) is 0 Å². The first-order chi connectivity index (χ1) is 11.3. The van der Waals surface area contributed by atoms with Gasteiger partial charge in [-0.05, 0) is 18.1 Å². The molecule has 3 heterocycles. The summed E-state index contributed by atoms with van der Waals surface area (Å²) in [5, 5.41) is 1.22. The van der Waals surface area contributed by atoms with Crippen molar-refractivity contribution in [3.8, 4) is 0 Å². The van der Waals surface area contributed by atoms with Gasteiger partial charge in [-0.3, -0.25) is 14.8 Å². The molecule has 2 aliphatic heterocycles. The van der Waals surface area contributed by atoms with Crippen LogP contribution < -0.4 is 0 Å². The second-order valence-electron chi connectivity index (χ2n) is 6.88. The Morgan fingerprint density at radius 2 is 1.91 bits per heavy atom. The molecule has 1 aromatic heterocycles. The molecule has 4 rings (SSSR count). The fourth-order valence-corrected chi connectivity index (χ4v) is 3.99. The minimum absolute atomic E-state index is 0.666. The van der Waals surface area contributed by atoms with Gasteiger partial charge in [0, 0.05) is 44.2 Å². The zero-order valence-corrected chi connectivity index (χ0v) is 13.8. The molecule has 122 valence electrons. The van der Waals surface area contributed by atoms with E-state index in [0.717, 1.165) is 51.5 Å². The molecule has 0 saturated carbocycles. The Bertz CT molecular complexity index is 668. The fraction of sp³-hybridized carbons (Fsp3) is 0.526. The number of aromatic nitrogens is 1. The van der Waals surface area contributed by atoms with E-state index in [0.29, 0.717) is 12.0 Å². The van der Waals surface area contributed by atoms with Crippen LogP contribution in [0.25, 0.3) is 10.9 Å². The van der Waals surface area contributed by atoms with E-state index in [9.17, 15) is 0 Å². The summed E-state index contributed by atoms with van der Waals surface area (Å²) < 4.78 is 5.49. The molecule has 2 saturated heterocycles. The van der Waals surface area contributed by atoms with E-state index >= 15 is 0 Å². The Kier molecular flexibility index (Phi) is 4.29. The molecule has 0 amide bonds. The molecule has 0 radical (unpaired) electrons. The number of pyridine rings is 1. The number of benzene rings is 1. The average Bonchev–Trinajstić information content (AvgIpc) is 2.96. The summed E-state index contributed by atoms with van der Waals surface area (Å²) in [7, 11) is 0. The first-order valence-corrected chi connectivity index (χ1v) is 8.68. The zero-order valence-electron chi connectivity index (χ0n) is 13.8. The van der Waals surface area contributed by atoms with E-state index in [4.69, 9.17) is 9.72 Å². The predicted octanol–water partition coefficient (Wildman–Crippen LogP) is 2.39. The van der Waals surface area contributed by atoms with Crippen molar-refractivity contribution in [2.24, 2.45) is 5.92 Å². The summed E-state index contributed by atoms with van der Waals surface area (Å²) in [6.07, 6.45) is 0. The van der Waals surface area contributed by atoms with Crippen LogP contribution in [0.4, 0.5) is 0 Å². The Labute approximate surface area is 138 Å². The fourth-order valence-electron chi connectivity index (χ4n) is 3.99. The van der Waals surface area contributed by atoms with Crippen molar-refractivity contribution in [2.75, 3.05) is 39.4 Å². The van der Waals surface area contributed by atoms with Gasteiger partial charge in [0.1, 0.15) is 0 Å². The molecule has 0 bridgehead atoms. The lowest BCUT2D eigenvalue weighted by atomic mass is 10.0. The van der Waals surface area contributed by atoms with E-state index in [1.165, 1.54) is 11.1 Å². The van der Waals surface area contributed by atoms with Crippen LogP contribution in [0.3, 0.4) is 0 Å². The van der Waals surface area contributed by atoms with Crippen molar-refractivity contribution in [3.63, 3.8) is 0 Å². The maximum Gasteiger partial charge on any atom is 0.0705 e. The third-order valence-corrected chi connectivity index (χ3v) is 5.20. The van der Waals surface area contributed by atoms with Crippen LogP contribution in [-0.4, -0.2) is 60.2 Å². The third-order valence-electron chi connectivity index (χ3n) is 5.20. The average molecular weight is 311 g/mol. The van der Waals surface area contributed by atoms with Gasteiger partial charge in [-0.2, -0.15) is 0 Å². The molecule has 2 aliphatic rings. The summed E-state index contributed by atoms with van der Waals surface area (Å²) in [6.45, 7) is 9.58. The summed E-state index contributed by atoms with van der Waals surface area (Å²) in [5.74, 6) is 0.716. The van der Waals surface area contributed by atoms with Crippen LogP contribution >= 0.6 is 0 Å². The van der Waals surface area contributed by atoms with Crippen molar-refractivity contribution < 1.29 is 4.74 Å². The van der Waals surface area contributed by atoms with E-state index in [2.05, 4.69) is 53.1 Å². The second kappa shape index (κ2) is 6.56. The molecule has 0 aliphatic carbocycles. The number of ether oxygens (including phenoxy) is 1. The largest absolute Gasteiger partial charge is 0.379 e. The number of likely N-dealkylation sites (tertiary alicyclic amines) is 1. The molecule has 0 spiro atoms. The van der Waals surface area contributed by atoms with Gasteiger partial charge in [-0.25, -0.2) is 0 Å². The number of para-hydroxylation sites is 1. The predicted molar refractivity (Wildman–Crippen MR) is 92.4 cm³/mol. The van der Waals surface area contributed by atoms with Gasteiger partial charge >= 0.3 is 0 Å². The minimum Gasteiger partial charge on any atom is -0.379 e. The molecule has 23 heavy (non-hydrogen) atoms. The third kappa shape index (κ3) is 3.25.